The fourth-order valence-corrected chi connectivity index (χ4v) is 3.75. The third-order valence-corrected chi connectivity index (χ3v) is 5.09. The van der Waals surface area contributed by atoms with Crippen LogP contribution in [0, 0.1) is 0 Å². The van der Waals surface area contributed by atoms with Crippen molar-refractivity contribution < 1.29 is 9.53 Å². The molecule has 4 heterocycles. The molecule has 2 aromatic rings. The summed E-state index contributed by atoms with van der Waals surface area (Å²) in [5, 5.41) is 0. The molecular weight excluding hydrogens is 330 g/mol. The molecule has 1 atom stereocenters. The van der Waals surface area contributed by atoms with Crippen molar-refractivity contribution in [3.05, 3.63) is 42.7 Å². The highest BCUT2D eigenvalue weighted by Gasteiger charge is 2.30. The van der Waals surface area contributed by atoms with Crippen LogP contribution in [0.25, 0.3) is 11.1 Å². The lowest BCUT2D eigenvalue weighted by atomic mass is 9.90. The van der Waals surface area contributed by atoms with E-state index in [4.69, 9.17) is 4.74 Å². The molecule has 2 aliphatic heterocycles. The third kappa shape index (κ3) is 3.53. The summed E-state index contributed by atoms with van der Waals surface area (Å²) in [4.78, 5) is 29.6. The van der Waals surface area contributed by atoms with Crippen LogP contribution in [-0.4, -0.2) is 70.2 Å². The molecule has 0 aliphatic carbocycles. The van der Waals surface area contributed by atoms with Crippen molar-refractivity contribution in [3.63, 3.8) is 0 Å². The Kier molecular flexibility index (Phi) is 5.06. The maximum atomic E-state index is 12.8. The third-order valence-electron chi connectivity index (χ3n) is 5.09. The molecule has 2 saturated heterocycles. The van der Waals surface area contributed by atoms with Crippen molar-refractivity contribution in [1.82, 2.24) is 24.8 Å². The predicted octanol–water partition coefficient (Wildman–Crippen LogP) is 2.17. The summed E-state index contributed by atoms with van der Waals surface area (Å²) in [6.07, 6.45) is 9.04. The van der Waals surface area contributed by atoms with Crippen molar-refractivity contribution in [2.45, 2.75) is 18.8 Å². The van der Waals surface area contributed by atoms with Gasteiger partial charge < -0.3 is 14.5 Å². The summed E-state index contributed by atoms with van der Waals surface area (Å²) < 4.78 is 5.36. The average Bonchev–Trinajstić information content (AvgIpc) is 2.74. The van der Waals surface area contributed by atoms with Crippen LogP contribution in [0.5, 0.6) is 0 Å². The fourth-order valence-electron chi connectivity index (χ4n) is 3.75. The number of urea groups is 1. The van der Waals surface area contributed by atoms with E-state index in [1.807, 2.05) is 28.1 Å². The second-order valence-corrected chi connectivity index (χ2v) is 6.72. The summed E-state index contributed by atoms with van der Waals surface area (Å²) >= 11 is 0. The first kappa shape index (κ1) is 16.9. The molecule has 136 valence electrons. The Morgan fingerprint density at radius 1 is 1.08 bits per heavy atom. The summed E-state index contributed by atoms with van der Waals surface area (Å²) in [5.74, 6) is 0.222. The number of ether oxygens (including phenoxy) is 1. The van der Waals surface area contributed by atoms with Crippen molar-refractivity contribution in [2.75, 3.05) is 39.4 Å². The van der Waals surface area contributed by atoms with Crippen LogP contribution < -0.4 is 0 Å². The number of piperidine rings is 1. The van der Waals surface area contributed by atoms with Gasteiger partial charge in [-0.2, -0.15) is 0 Å². The highest BCUT2D eigenvalue weighted by molar-refractivity contribution is 5.75. The van der Waals surface area contributed by atoms with Crippen molar-refractivity contribution in [1.29, 1.82) is 0 Å². The van der Waals surface area contributed by atoms with Gasteiger partial charge in [-0.1, -0.05) is 0 Å². The minimum absolute atomic E-state index is 0.123. The molecule has 7 heteroatoms. The highest BCUT2D eigenvalue weighted by Crippen LogP contribution is 2.32. The Bertz CT molecular complexity index is 749. The van der Waals surface area contributed by atoms with Gasteiger partial charge in [-0.3, -0.25) is 4.98 Å². The van der Waals surface area contributed by atoms with Crippen molar-refractivity contribution in [2.24, 2.45) is 0 Å². The van der Waals surface area contributed by atoms with Crippen LogP contribution in [0.4, 0.5) is 4.79 Å². The van der Waals surface area contributed by atoms with Gasteiger partial charge in [0.15, 0.2) is 0 Å². The number of morpholine rings is 1. The molecule has 2 amide bonds. The molecule has 0 saturated carbocycles. The molecule has 0 aromatic carbocycles. The molecule has 26 heavy (non-hydrogen) atoms. The van der Waals surface area contributed by atoms with Crippen molar-refractivity contribution >= 4 is 6.03 Å². The van der Waals surface area contributed by atoms with Gasteiger partial charge in [0, 0.05) is 56.3 Å². The zero-order chi connectivity index (χ0) is 17.8. The Morgan fingerprint density at radius 2 is 1.88 bits per heavy atom. The number of hydrogen-bond acceptors (Lipinski definition) is 5. The van der Waals surface area contributed by atoms with E-state index in [0.29, 0.717) is 32.8 Å². The van der Waals surface area contributed by atoms with E-state index in [0.717, 1.165) is 36.2 Å². The van der Waals surface area contributed by atoms with Crippen LogP contribution in [0.1, 0.15) is 24.5 Å². The van der Waals surface area contributed by atoms with E-state index < -0.39 is 0 Å². The van der Waals surface area contributed by atoms with Gasteiger partial charge in [0.2, 0.25) is 0 Å². The fraction of sp³-hybridized carbons (Fsp3) is 0.474. The summed E-state index contributed by atoms with van der Waals surface area (Å²) in [6.45, 7) is 4.11. The maximum Gasteiger partial charge on any atom is 0.320 e. The van der Waals surface area contributed by atoms with Crippen LogP contribution in [0.2, 0.25) is 0 Å². The lowest BCUT2D eigenvalue weighted by Crippen LogP contribution is -2.50. The minimum atomic E-state index is 0.123. The smallest absolute Gasteiger partial charge is 0.320 e. The van der Waals surface area contributed by atoms with Crippen LogP contribution in [0.15, 0.2) is 37.1 Å². The molecule has 4 rings (SSSR count). The van der Waals surface area contributed by atoms with E-state index in [9.17, 15) is 4.79 Å². The zero-order valence-electron chi connectivity index (χ0n) is 14.8. The van der Waals surface area contributed by atoms with Gasteiger partial charge in [-0.05, 0) is 30.5 Å². The topological polar surface area (TPSA) is 71.5 Å². The molecule has 0 spiro atoms. The number of carbonyl (C=O) groups is 1. The normalized spacial score (nSPS) is 20.8. The maximum absolute atomic E-state index is 12.8. The molecule has 2 aliphatic rings. The molecule has 2 fully saturated rings. The molecule has 2 aromatic heterocycles. The first-order valence-corrected chi connectivity index (χ1v) is 9.15. The second-order valence-electron chi connectivity index (χ2n) is 6.72. The molecular formula is C19H23N5O2. The number of aromatic nitrogens is 3. The number of amides is 2. The van der Waals surface area contributed by atoms with Gasteiger partial charge >= 0.3 is 6.03 Å². The molecule has 0 radical (unpaired) electrons. The predicted molar refractivity (Wildman–Crippen MR) is 96.6 cm³/mol. The van der Waals surface area contributed by atoms with Gasteiger partial charge in [-0.25, -0.2) is 14.8 Å². The van der Waals surface area contributed by atoms with Crippen molar-refractivity contribution in [3.8, 4) is 11.1 Å². The van der Waals surface area contributed by atoms with Gasteiger partial charge in [0.25, 0.3) is 0 Å². The Balaban J connectivity index is 1.54. The Labute approximate surface area is 153 Å². The Morgan fingerprint density at radius 3 is 2.69 bits per heavy atom. The number of pyridine rings is 1. The van der Waals surface area contributed by atoms with E-state index in [2.05, 4.69) is 15.0 Å². The quantitative estimate of drug-likeness (QED) is 0.827. The lowest BCUT2D eigenvalue weighted by Gasteiger charge is -2.37. The molecule has 7 nitrogen and oxygen atoms in total. The van der Waals surface area contributed by atoms with Crippen LogP contribution in [0.3, 0.4) is 0 Å². The van der Waals surface area contributed by atoms with Gasteiger partial charge in [0.1, 0.15) is 6.33 Å². The summed E-state index contributed by atoms with van der Waals surface area (Å²) in [7, 11) is 0. The SMILES string of the molecule is O=C(N1CCOCC1)N1CCC[C@H](c2ncncc2-c2ccncc2)C1. The molecule has 0 unspecified atom stereocenters. The van der Waals surface area contributed by atoms with E-state index in [1.54, 1.807) is 18.7 Å². The first-order valence-electron chi connectivity index (χ1n) is 9.15. The highest BCUT2D eigenvalue weighted by atomic mass is 16.5. The molecule has 0 bridgehead atoms. The van der Waals surface area contributed by atoms with Crippen LogP contribution >= 0.6 is 0 Å². The lowest BCUT2D eigenvalue weighted by molar-refractivity contribution is 0.0408. The minimum Gasteiger partial charge on any atom is -0.378 e. The first-order chi connectivity index (χ1) is 12.8. The monoisotopic (exact) mass is 353 g/mol. The second kappa shape index (κ2) is 7.78. The van der Waals surface area contributed by atoms with Gasteiger partial charge in [-0.15, -0.1) is 0 Å². The summed E-state index contributed by atoms with van der Waals surface area (Å²) in [5.41, 5.74) is 3.11. The number of likely N-dealkylation sites (tertiary alicyclic amines) is 1. The van der Waals surface area contributed by atoms with E-state index >= 15 is 0 Å². The van der Waals surface area contributed by atoms with E-state index in [-0.39, 0.29) is 11.9 Å². The average molecular weight is 353 g/mol. The number of carbonyl (C=O) groups excluding carboxylic acids is 1. The standard InChI is InChI=1S/C19H23N5O2/c25-19(23-8-10-26-11-9-23)24-7-1-2-16(13-24)18-17(12-21-14-22-18)15-3-5-20-6-4-15/h3-6,12,14,16H,1-2,7-11,13H2/t16-/m0/s1. The largest absolute Gasteiger partial charge is 0.378 e. The number of nitrogens with zero attached hydrogens (tertiary/aromatic N) is 5. The number of hydrogen-bond donors (Lipinski definition) is 0. The van der Waals surface area contributed by atoms with E-state index in [1.165, 1.54) is 0 Å². The zero-order valence-corrected chi connectivity index (χ0v) is 14.8. The van der Waals surface area contributed by atoms with Gasteiger partial charge in [0.05, 0.1) is 18.9 Å². The summed E-state index contributed by atoms with van der Waals surface area (Å²) in [6, 6.07) is 4.07. The molecule has 0 N–H and O–H groups in total. The number of rotatable bonds is 2. The van der Waals surface area contributed by atoms with Crippen LogP contribution in [-0.2, 0) is 4.74 Å². The Hall–Kier alpha value is -2.54.